The van der Waals surface area contributed by atoms with E-state index in [0.717, 1.165) is 13.0 Å². The lowest BCUT2D eigenvalue weighted by Gasteiger charge is -2.06. The highest BCUT2D eigenvalue weighted by Crippen LogP contribution is 1.78. The van der Waals surface area contributed by atoms with Crippen molar-refractivity contribution in [2.45, 2.75) is 26.3 Å². The number of nitrogens with one attached hydrogen (secondary N) is 1. The Labute approximate surface area is 50.9 Å². The summed E-state index contributed by atoms with van der Waals surface area (Å²) >= 11 is 0. The Morgan fingerprint density at radius 2 is 2.25 bits per heavy atom. The zero-order valence-corrected chi connectivity index (χ0v) is 5.61. The fourth-order valence-corrected chi connectivity index (χ4v) is 0.450. The Hall–Kier alpha value is -0.0800. The van der Waals surface area contributed by atoms with Crippen molar-refractivity contribution < 1.29 is 5.11 Å². The van der Waals surface area contributed by atoms with E-state index in [1.165, 1.54) is 0 Å². The van der Waals surface area contributed by atoms with E-state index in [-0.39, 0.29) is 12.6 Å². The first-order valence-electron chi connectivity index (χ1n) is 3.12. The molecule has 0 aliphatic heterocycles. The summed E-state index contributed by atoms with van der Waals surface area (Å²) in [6.45, 7) is 4.94. The number of hydrogen-bond acceptors (Lipinski definition) is 1. The topological polar surface area (TPSA) is 31.9 Å². The summed E-state index contributed by atoms with van der Waals surface area (Å²) in [4.78, 5) is 0. The summed E-state index contributed by atoms with van der Waals surface area (Å²) in [5, 5.41) is 13.1. The van der Waals surface area contributed by atoms with Crippen LogP contribution >= 0.6 is 0 Å². The molecular formula is C6H14NO. The normalized spacial score (nSPS) is 13.9. The molecule has 0 rings (SSSR count). The first-order valence-corrected chi connectivity index (χ1v) is 3.12. The summed E-state index contributed by atoms with van der Waals surface area (Å²) in [5.41, 5.74) is 0. The zero-order chi connectivity index (χ0) is 6.41. The van der Waals surface area contributed by atoms with Crippen LogP contribution in [0.15, 0.2) is 0 Å². The molecule has 0 aliphatic carbocycles. The second-order valence-corrected chi connectivity index (χ2v) is 2.02. The SMILES string of the molecule is CCCNC(C)C[O]. The van der Waals surface area contributed by atoms with Crippen LogP contribution in [0.2, 0.25) is 0 Å². The van der Waals surface area contributed by atoms with Crippen LogP contribution in [0.1, 0.15) is 20.3 Å². The highest BCUT2D eigenvalue weighted by Gasteiger charge is 1.94. The predicted octanol–water partition coefficient (Wildman–Crippen LogP) is 0.805. The minimum absolute atomic E-state index is 0.0139. The first-order chi connectivity index (χ1) is 3.81. The van der Waals surface area contributed by atoms with Crippen molar-refractivity contribution >= 4 is 0 Å². The lowest BCUT2D eigenvalue weighted by atomic mass is 10.3. The molecule has 0 bridgehead atoms. The summed E-state index contributed by atoms with van der Waals surface area (Å²) in [5.74, 6) is 0. The molecule has 0 fully saturated rings. The van der Waals surface area contributed by atoms with Gasteiger partial charge in [-0.1, -0.05) is 6.92 Å². The Balaban J connectivity index is 2.86. The van der Waals surface area contributed by atoms with Gasteiger partial charge in [-0.05, 0) is 19.9 Å². The third-order valence-corrected chi connectivity index (χ3v) is 0.993. The highest BCUT2D eigenvalue weighted by atomic mass is 16.3. The van der Waals surface area contributed by atoms with Crippen molar-refractivity contribution in [2.75, 3.05) is 13.2 Å². The molecule has 1 N–H and O–H groups in total. The van der Waals surface area contributed by atoms with E-state index in [1.807, 2.05) is 6.92 Å². The van der Waals surface area contributed by atoms with Crippen molar-refractivity contribution in [3.05, 3.63) is 0 Å². The molecule has 49 valence electrons. The Morgan fingerprint density at radius 3 is 2.62 bits per heavy atom. The maximum atomic E-state index is 10.1. The molecule has 0 aliphatic rings. The van der Waals surface area contributed by atoms with Crippen LogP contribution in [0.3, 0.4) is 0 Å². The van der Waals surface area contributed by atoms with E-state index in [1.54, 1.807) is 0 Å². The molecule has 0 amide bonds. The van der Waals surface area contributed by atoms with E-state index in [9.17, 15) is 5.11 Å². The molecule has 2 nitrogen and oxygen atoms in total. The average Bonchev–Trinajstić information content (AvgIpc) is 1.83. The lowest BCUT2D eigenvalue weighted by Crippen LogP contribution is -2.29. The van der Waals surface area contributed by atoms with Gasteiger partial charge < -0.3 is 5.32 Å². The molecule has 1 unspecified atom stereocenters. The smallest absolute Gasteiger partial charge is 0.0972 e. The van der Waals surface area contributed by atoms with E-state index < -0.39 is 0 Å². The minimum Gasteiger partial charge on any atom is -0.312 e. The molecule has 0 aromatic carbocycles. The second-order valence-electron chi connectivity index (χ2n) is 2.02. The van der Waals surface area contributed by atoms with E-state index in [2.05, 4.69) is 12.2 Å². The largest absolute Gasteiger partial charge is 0.312 e. The van der Waals surface area contributed by atoms with Crippen LogP contribution in [-0.2, 0) is 5.11 Å². The fourth-order valence-electron chi connectivity index (χ4n) is 0.450. The first kappa shape index (κ1) is 7.92. The average molecular weight is 116 g/mol. The molecule has 8 heavy (non-hydrogen) atoms. The van der Waals surface area contributed by atoms with E-state index in [4.69, 9.17) is 0 Å². The Morgan fingerprint density at radius 1 is 1.62 bits per heavy atom. The molecule has 0 aromatic rings. The Kier molecular flexibility index (Phi) is 5.01. The van der Waals surface area contributed by atoms with Gasteiger partial charge in [0.05, 0.1) is 6.61 Å². The van der Waals surface area contributed by atoms with Gasteiger partial charge in [-0.15, -0.1) is 0 Å². The van der Waals surface area contributed by atoms with Crippen LogP contribution in [-0.4, -0.2) is 19.2 Å². The van der Waals surface area contributed by atoms with Gasteiger partial charge >= 0.3 is 0 Å². The quantitative estimate of drug-likeness (QED) is 0.579. The van der Waals surface area contributed by atoms with Crippen molar-refractivity contribution in [3.63, 3.8) is 0 Å². The van der Waals surface area contributed by atoms with Gasteiger partial charge in [-0.25, -0.2) is 5.11 Å². The van der Waals surface area contributed by atoms with Gasteiger partial charge in [-0.3, -0.25) is 0 Å². The van der Waals surface area contributed by atoms with Gasteiger partial charge in [0.2, 0.25) is 0 Å². The van der Waals surface area contributed by atoms with Crippen LogP contribution in [0, 0.1) is 0 Å². The van der Waals surface area contributed by atoms with E-state index >= 15 is 0 Å². The van der Waals surface area contributed by atoms with Crippen LogP contribution in [0.4, 0.5) is 0 Å². The summed E-state index contributed by atoms with van der Waals surface area (Å²) in [6.07, 6.45) is 1.10. The van der Waals surface area contributed by atoms with Gasteiger partial charge in [0.15, 0.2) is 0 Å². The molecule has 0 spiro atoms. The number of hydrogen-bond donors (Lipinski definition) is 1. The maximum absolute atomic E-state index is 10.1. The standard InChI is InChI=1S/C6H14NO/c1-3-4-7-6(2)5-8/h6-7H,3-5H2,1-2H3. The minimum atomic E-state index is -0.0139. The third-order valence-electron chi connectivity index (χ3n) is 0.993. The molecule has 0 saturated heterocycles. The zero-order valence-electron chi connectivity index (χ0n) is 5.61. The van der Waals surface area contributed by atoms with Crippen LogP contribution in [0.25, 0.3) is 0 Å². The second kappa shape index (κ2) is 5.06. The van der Waals surface area contributed by atoms with Gasteiger partial charge in [-0.2, -0.15) is 0 Å². The predicted molar refractivity (Wildman–Crippen MR) is 33.3 cm³/mol. The monoisotopic (exact) mass is 116 g/mol. The molecule has 1 radical (unpaired) electrons. The van der Waals surface area contributed by atoms with Crippen LogP contribution < -0.4 is 5.32 Å². The van der Waals surface area contributed by atoms with Crippen LogP contribution in [0.5, 0.6) is 0 Å². The Bertz CT molecular complexity index is 47.8. The van der Waals surface area contributed by atoms with E-state index in [0.29, 0.717) is 0 Å². The molecule has 0 heterocycles. The fraction of sp³-hybridized carbons (Fsp3) is 1.00. The summed E-state index contributed by atoms with van der Waals surface area (Å²) in [7, 11) is 0. The lowest BCUT2D eigenvalue weighted by molar-refractivity contribution is 0.165. The van der Waals surface area contributed by atoms with Crippen molar-refractivity contribution in [3.8, 4) is 0 Å². The summed E-state index contributed by atoms with van der Waals surface area (Å²) in [6, 6.07) is 0.148. The van der Waals surface area contributed by atoms with Gasteiger partial charge in [0.1, 0.15) is 0 Å². The van der Waals surface area contributed by atoms with Gasteiger partial charge in [0, 0.05) is 6.04 Å². The number of rotatable bonds is 4. The van der Waals surface area contributed by atoms with Crippen molar-refractivity contribution in [2.24, 2.45) is 0 Å². The summed E-state index contributed by atoms with van der Waals surface area (Å²) < 4.78 is 0. The third kappa shape index (κ3) is 4.09. The maximum Gasteiger partial charge on any atom is 0.0972 e. The molecule has 2 heteroatoms. The molecule has 0 saturated carbocycles. The molecular weight excluding hydrogens is 102 g/mol. The van der Waals surface area contributed by atoms with Gasteiger partial charge in [0.25, 0.3) is 0 Å². The van der Waals surface area contributed by atoms with Crippen molar-refractivity contribution in [1.29, 1.82) is 0 Å². The molecule has 1 atom stereocenters. The molecule has 0 aromatic heterocycles. The van der Waals surface area contributed by atoms with Crippen molar-refractivity contribution in [1.82, 2.24) is 5.32 Å². The highest BCUT2D eigenvalue weighted by molar-refractivity contribution is 4.55.